The number of likely N-dealkylation sites (tertiary alicyclic amines) is 1. The van der Waals surface area contributed by atoms with Gasteiger partial charge in [-0.25, -0.2) is 0 Å². The average Bonchev–Trinajstić information content (AvgIpc) is 3.04. The van der Waals surface area contributed by atoms with Crippen molar-refractivity contribution in [2.45, 2.75) is 19.9 Å². The van der Waals surface area contributed by atoms with Crippen LogP contribution in [0.2, 0.25) is 0 Å². The third-order valence-corrected chi connectivity index (χ3v) is 5.46. The lowest BCUT2D eigenvalue weighted by atomic mass is 9.96. The number of pyridine rings is 1. The number of aromatic nitrogens is 1. The summed E-state index contributed by atoms with van der Waals surface area (Å²) in [6, 6.07) is 9.66. The first-order chi connectivity index (χ1) is 14.5. The lowest BCUT2D eigenvalue weighted by molar-refractivity contribution is -0.140. The van der Waals surface area contributed by atoms with E-state index in [9.17, 15) is 14.7 Å². The number of hydrogen-bond donors (Lipinski definition) is 1. The van der Waals surface area contributed by atoms with Gasteiger partial charge in [0, 0.05) is 31.0 Å². The van der Waals surface area contributed by atoms with Crippen molar-refractivity contribution in [3.63, 3.8) is 0 Å². The van der Waals surface area contributed by atoms with Crippen LogP contribution < -0.4 is 4.74 Å². The molecule has 0 unspecified atom stereocenters. The highest BCUT2D eigenvalue weighted by molar-refractivity contribution is 6.46. The van der Waals surface area contributed by atoms with E-state index in [0.29, 0.717) is 24.4 Å². The topological polar surface area (TPSA) is 83.0 Å². The fourth-order valence-electron chi connectivity index (χ4n) is 3.72. The molecule has 1 N–H and O–H groups in total. The van der Waals surface area contributed by atoms with Crippen molar-refractivity contribution in [2.24, 2.45) is 0 Å². The number of carbonyl (C=O) groups excluding carboxylic acids is 2. The first kappa shape index (κ1) is 21.5. The first-order valence-electron chi connectivity index (χ1n) is 10.1. The molecule has 1 atom stereocenters. The standard InChI is InChI=1S/C23H27N3O4/c1-4-25(5-2)13-14-26-20(16-9-11-24-12-10-16)19(22(28)23(26)29)21(27)17-7-6-8-18(15-17)30-3/h6-12,15,20,27H,4-5,13-14H2,1-3H3/t20-/m1/s1. The second-order valence-corrected chi connectivity index (χ2v) is 7.03. The zero-order valence-electron chi connectivity index (χ0n) is 17.5. The third kappa shape index (κ3) is 4.21. The Bertz CT molecular complexity index is 938. The SMILES string of the molecule is CCN(CC)CCN1C(=O)C(=O)C(=C(O)c2cccc(OC)c2)[C@H]1c1ccncc1. The largest absolute Gasteiger partial charge is 0.507 e. The van der Waals surface area contributed by atoms with E-state index in [1.165, 1.54) is 7.11 Å². The zero-order valence-corrected chi connectivity index (χ0v) is 17.5. The number of likely N-dealkylation sites (N-methyl/N-ethyl adjacent to an activating group) is 1. The van der Waals surface area contributed by atoms with Crippen LogP contribution in [0.1, 0.15) is 31.0 Å². The highest BCUT2D eigenvalue weighted by Crippen LogP contribution is 2.39. The van der Waals surface area contributed by atoms with Gasteiger partial charge in [0.1, 0.15) is 11.5 Å². The molecule has 1 aliphatic rings. The monoisotopic (exact) mass is 409 g/mol. The van der Waals surface area contributed by atoms with E-state index in [-0.39, 0.29) is 11.3 Å². The fourth-order valence-corrected chi connectivity index (χ4v) is 3.72. The number of Topliss-reactive ketones (excluding diaryl/α,β-unsaturated/α-hetero) is 1. The van der Waals surface area contributed by atoms with E-state index < -0.39 is 17.7 Å². The maximum absolute atomic E-state index is 13.0. The number of methoxy groups -OCH3 is 1. The highest BCUT2D eigenvalue weighted by Gasteiger charge is 2.45. The van der Waals surface area contributed by atoms with Gasteiger partial charge in [-0.2, -0.15) is 0 Å². The van der Waals surface area contributed by atoms with Crippen molar-refractivity contribution < 1.29 is 19.4 Å². The molecule has 7 nitrogen and oxygen atoms in total. The molecule has 0 saturated carbocycles. The number of ketones is 1. The lowest BCUT2D eigenvalue weighted by Gasteiger charge is -2.28. The molecule has 30 heavy (non-hydrogen) atoms. The molecular weight excluding hydrogens is 382 g/mol. The van der Waals surface area contributed by atoms with E-state index >= 15 is 0 Å². The van der Waals surface area contributed by atoms with Gasteiger partial charge < -0.3 is 19.6 Å². The quantitative estimate of drug-likeness (QED) is 0.410. The van der Waals surface area contributed by atoms with Crippen molar-refractivity contribution in [1.82, 2.24) is 14.8 Å². The number of amides is 1. The minimum absolute atomic E-state index is 0.0824. The van der Waals surface area contributed by atoms with Gasteiger partial charge >= 0.3 is 0 Å². The Balaban J connectivity index is 2.08. The molecule has 0 spiro atoms. The molecule has 0 radical (unpaired) electrons. The highest BCUT2D eigenvalue weighted by atomic mass is 16.5. The number of aliphatic hydroxyl groups is 1. The maximum atomic E-state index is 13.0. The van der Waals surface area contributed by atoms with Gasteiger partial charge in [0.25, 0.3) is 11.7 Å². The lowest BCUT2D eigenvalue weighted by Crippen LogP contribution is -2.38. The van der Waals surface area contributed by atoms with Crippen molar-refractivity contribution in [1.29, 1.82) is 0 Å². The summed E-state index contributed by atoms with van der Waals surface area (Å²) < 4.78 is 5.23. The van der Waals surface area contributed by atoms with E-state index in [2.05, 4.69) is 23.7 Å². The molecule has 7 heteroatoms. The molecule has 1 aromatic carbocycles. The van der Waals surface area contributed by atoms with Crippen LogP contribution in [-0.4, -0.2) is 64.9 Å². The minimum atomic E-state index is -0.684. The van der Waals surface area contributed by atoms with Crippen LogP contribution >= 0.6 is 0 Å². The summed E-state index contributed by atoms with van der Waals surface area (Å²) in [6.45, 7) is 6.84. The van der Waals surface area contributed by atoms with Crippen molar-refractivity contribution in [3.8, 4) is 5.75 Å². The molecule has 158 valence electrons. The Morgan fingerprint density at radius 2 is 1.87 bits per heavy atom. The number of hydrogen-bond acceptors (Lipinski definition) is 6. The summed E-state index contributed by atoms with van der Waals surface area (Å²) in [5.74, 6) is -0.945. The van der Waals surface area contributed by atoms with Crippen LogP contribution in [0.15, 0.2) is 54.4 Å². The van der Waals surface area contributed by atoms with E-state index in [1.807, 2.05) is 0 Å². The number of benzene rings is 1. The van der Waals surface area contributed by atoms with E-state index in [4.69, 9.17) is 4.74 Å². The van der Waals surface area contributed by atoms with Crippen LogP contribution in [0.25, 0.3) is 5.76 Å². The molecule has 1 amide bonds. The molecule has 1 aromatic heterocycles. The first-order valence-corrected chi connectivity index (χ1v) is 10.1. The predicted octanol–water partition coefficient (Wildman–Crippen LogP) is 2.85. The molecule has 1 saturated heterocycles. The Labute approximate surface area is 176 Å². The zero-order chi connectivity index (χ0) is 21.7. The predicted molar refractivity (Wildman–Crippen MR) is 114 cm³/mol. The van der Waals surface area contributed by atoms with Gasteiger partial charge in [0.2, 0.25) is 0 Å². The van der Waals surface area contributed by atoms with Gasteiger partial charge in [-0.1, -0.05) is 26.0 Å². The van der Waals surface area contributed by atoms with Crippen LogP contribution in [0.5, 0.6) is 5.75 Å². The molecule has 2 heterocycles. The van der Waals surface area contributed by atoms with Gasteiger partial charge in [-0.3, -0.25) is 14.6 Å². The summed E-state index contributed by atoms with van der Waals surface area (Å²) in [4.78, 5) is 33.7. The number of nitrogens with zero attached hydrogens (tertiary/aromatic N) is 3. The molecule has 2 aromatic rings. The second kappa shape index (κ2) is 9.54. The molecule has 1 fully saturated rings. The minimum Gasteiger partial charge on any atom is -0.507 e. The van der Waals surface area contributed by atoms with Crippen molar-refractivity contribution >= 4 is 17.4 Å². The Morgan fingerprint density at radius 1 is 1.17 bits per heavy atom. The van der Waals surface area contributed by atoms with Gasteiger partial charge in [0.15, 0.2) is 0 Å². The smallest absolute Gasteiger partial charge is 0.295 e. The van der Waals surface area contributed by atoms with Crippen molar-refractivity contribution in [3.05, 3.63) is 65.5 Å². The molecule has 3 rings (SSSR count). The Morgan fingerprint density at radius 3 is 2.50 bits per heavy atom. The van der Waals surface area contributed by atoms with Crippen LogP contribution in [0.3, 0.4) is 0 Å². The summed E-state index contributed by atoms with van der Waals surface area (Å²) in [7, 11) is 1.53. The summed E-state index contributed by atoms with van der Waals surface area (Å²) in [6.07, 6.45) is 3.23. The molecule has 0 aliphatic carbocycles. The summed E-state index contributed by atoms with van der Waals surface area (Å²) in [5.41, 5.74) is 1.24. The fraction of sp³-hybridized carbons (Fsp3) is 0.348. The maximum Gasteiger partial charge on any atom is 0.295 e. The number of rotatable bonds is 8. The average molecular weight is 409 g/mol. The van der Waals surface area contributed by atoms with E-state index in [0.717, 1.165) is 18.7 Å². The summed E-state index contributed by atoms with van der Waals surface area (Å²) in [5, 5.41) is 11.0. The number of aliphatic hydroxyl groups excluding tert-OH is 1. The van der Waals surface area contributed by atoms with Gasteiger partial charge in [-0.15, -0.1) is 0 Å². The second-order valence-electron chi connectivity index (χ2n) is 7.03. The van der Waals surface area contributed by atoms with Crippen LogP contribution in [0.4, 0.5) is 0 Å². The van der Waals surface area contributed by atoms with Crippen molar-refractivity contribution in [2.75, 3.05) is 33.3 Å². The third-order valence-electron chi connectivity index (χ3n) is 5.46. The van der Waals surface area contributed by atoms with Gasteiger partial charge in [0.05, 0.1) is 18.7 Å². The molecule has 0 bridgehead atoms. The van der Waals surface area contributed by atoms with Gasteiger partial charge in [-0.05, 0) is 42.9 Å². The normalized spacial score (nSPS) is 18.3. The molecule has 1 aliphatic heterocycles. The van der Waals surface area contributed by atoms with E-state index in [1.54, 1.807) is 53.7 Å². The Kier molecular flexibility index (Phi) is 6.84. The summed E-state index contributed by atoms with van der Waals surface area (Å²) >= 11 is 0. The van der Waals surface area contributed by atoms with Crippen LogP contribution in [-0.2, 0) is 9.59 Å². The van der Waals surface area contributed by atoms with Crippen LogP contribution in [0, 0.1) is 0 Å². The molecular formula is C23H27N3O4. The number of carbonyl (C=O) groups is 2. The number of ether oxygens (including phenoxy) is 1. The Hall–Kier alpha value is -3.19.